The molecule has 35 heavy (non-hydrogen) atoms. The number of carbonyl (C=O) groups is 5. The van der Waals surface area contributed by atoms with Crippen molar-refractivity contribution in [1.82, 2.24) is 16.0 Å². The smallest absolute Gasteiger partial charge is 0.329 e. The molecule has 0 fully saturated rings. The van der Waals surface area contributed by atoms with Gasteiger partial charge in [-0.3, -0.25) is 9.59 Å². The predicted octanol–water partition coefficient (Wildman–Crippen LogP) is 2.06. The molecule has 0 aliphatic rings. The molecule has 0 aliphatic carbocycles. The lowest BCUT2D eigenvalue weighted by atomic mass is 10.1. The number of aliphatic carboxylic acids is 2. The Morgan fingerprint density at radius 2 is 1.51 bits per heavy atom. The summed E-state index contributed by atoms with van der Waals surface area (Å²) in [7, 11) is 0. The maximum absolute atomic E-state index is 12.6. The number of amides is 3. The Balaban J connectivity index is 2.68. The summed E-state index contributed by atoms with van der Waals surface area (Å²) in [5, 5.41) is 25.2. The van der Waals surface area contributed by atoms with E-state index in [1.165, 1.54) is 0 Å². The molecule has 11 nitrogen and oxygen atoms in total. The Bertz CT molecular complexity index is 899. The molecule has 0 aliphatic heterocycles. The van der Waals surface area contributed by atoms with Crippen LogP contribution in [0.25, 0.3) is 0 Å². The summed E-state index contributed by atoms with van der Waals surface area (Å²) in [5.74, 6) is -3.73. The van der Waals surface area contributed by atoms with Gasteiger partial charge in [0.1, 0.15) is 17.7 Å². The Kier molecular flexibility index (Phi) is 12.5. The van der Waals surface area contributed by atoms with Crippen LogP contribution < -0.4 is 16.0 Å². The molecular weight excluding hydrogens is 573 g/mol. The third kappa shape index (κ3) is 13.5. The van der Waals surface area contributed by atoms with Gasteiger partial charge in [-0.2, -0.15) is 0 Å². The van der Waals surface area contributed by atoms with Crippen molar-refractivity contribution in [2.24, 2.45) is 0 Å². The first-order chi connectivity index (χ1) is 16.3. The van der Waals surface area contributed by atoms with Gasteiger partial charge in [0, 0.05) is 23.0 Å². The lowest BCUT2D eigenvalue weighted by molar-refractivity contribution is -0.157. The number of benzene rings is 1. The third-order valence-corrected chi connectivity index (χ3v) is 5.28. The van der Waals surface area contributed by atoms with Crippen LogP contribution in [0.4, 0.5) is 4.79 Å². The summed E-state index contributed by atoms with van der Waals surface area (Å²) in [4.78, 5) is 59.2. The van der Waals surface area contributed by atoms with Crippen LogP contribution in [0.2, 0.25) is 0 Å². The van der Waals surface area contributed by atoms with Gasteiger partial charge in [0.25, 0.3) is 0 Å². The van der Waals surface area contributed by atoms with Crippen LogP contribution in [-0.4, -0.2) is 64.3 Å². The molecule has 0 spiro atoms. The van der Waals surface area contributed by atoms with E-state index < -0.39 is 48.0 Å². The molecule has 0 bridgehead atoms. The highest BCUT2D eigenvalue weighted by Crippen LogP contribution is 2.11. The predicted molar refractivity (Wildman–Crippen MR) is 135 cm³/mol. The van der Waals surface area contributed by atoms with Crippen molar-refractivity contribution in [1.29, 1.82) is 0 Å². The maximum atomic E-state index is 12.6. The standard InChI is InChI=1S/C23H32IN3O8/c1-23(2,3)35-21(33)17(27-22(34)26-16(20(31)32)9-11-19(29)30)8-10-18(28)25-13-12-14-4-6-15(24)7-5-14/h4-7,16-17H,8-13H2,1-3H3,(H,25,28)(H,29,30)(H,31,32)(H2,26,27,34)/t16-,17-/m0/s1. The average molecular weight is 605 g/mol. The fourth-order valence-electron chi connectivity index (χ4n) is 2.87. The fraction of sp³-hybridized carbons (Fsp3) is 0.522. The van der Waals surface area contributed by atoms with Gasteiger partial charge in [0.2, 0.25) is 5.91 Å². The van der Waals surface area contributed by atoms with Crippen LogP contribution in [-0.2, 0) is 30.3 Å². The second-order valence-electron chi connectivity index (χ2n) is 8.79. The van der Waals surface area contributed by atoms with E-state index in [9.17, 15) is 29.1 Å². The van der Waals surface area contributed by atoms with E-state index in [-0.39, 0.29) is 25.2 Å². The summed E-state index contributed by atoms with van der Waals surface area (Å²) in [6, 6.07) is 4.20. The number of halogens is 1. The lowest BCUT2D eigenvalue weighted by Gasteiger charge is -2.25. The number of hydrogen-bond donors (Lipinski definition) is 5. The molecule has 0 saturated heterocycles. The minimum atomic E-state index is -1.46. The quantitative estimate of drug-likeness (QED) is 0.168. The van der Waals surface area contributed by atoms with Crippen molar-refractivity contribution in [2.45, 2.75) is 70.6 Å². The molecule has 0 unspecified atom stereocenters. The van der Waals surface area contributed by atoms with Gasteiger partial charge in [0.05, 0.1) is 0 Å². The van der Waals surface area contributed by atoms with Gasteiger partial charge < -0.3 is 30.9 Å². The summed E-state index contributed by atoms with van der Waals surface area (Å²) >= 11 is 2.20. The number of carboxylic acid groups (broad SMARTS) is 2. The molecule has 0 radical (unpaired) electrons. The number of ether oxygens (including phenoxy) is 1. The first kappa shape index (κ1) is 30.1. The summed E-state index contributed by atoms with van der Waals surface area (Å²) < 4.78 is 6.41. The summed E-state index contributed by atoms with van der Waals surface area (Å²) in [5.41, 5.74) is 0.209. The van der Waals surface area contributed by atoms with Crippen LogP contribution in [0.3, 0.4) is 0 Å². The number of carboxylic acids is 2. The van der Waals surface area contributed by atoms with Gasteiger partial charge in [-0.25, -0.2) is 14.4 Å². The Hall–Kier alpha value is -2.90. The molecule has 1 aromatic carbocycles. The molecule has 0 aromatic heterocycles. The summed E-state index contributed by atoms with van der Waals surface area (Å²) in [6.45, 7) is 5.33. The molecule has 0 saturated carbocycles. The van der Waals surface area contributed by atoms with Crippen molar-refractivity contribution < 1.29 is 38.9 Å². The van der Waals surface area contributed by atoms with Crippen molar-refractivity contribution >= 4 is 52.4 Å². The molecule has 12 heteroatoms. The number of carbonyl (C=O) groups excluding carboxylic acids is 3. The zero-order valence-electron chi connectivity index (χ0n) is 19.9. The van der Waals surface area contributed by atoms with Gasteiger partial charge in [-0.1, -0.05) is 12.1 Å². The first-order valence-corrected chi connectivity index (χ1v) is 12.1. The highest BCUT2D eigenvalue weighted by molar-refractivity contribution is 14.1. The topological polar surface area (TPSA) is 171 Å². The Morgan fingerprint density at radius 1 is 0.943 bits per heavy atom. The monoisotopic (exact) mass is 605 g/mol. The van der Waals surface area contributed by atoms with E-state index in [1.807, 2.05) is 24.3 Å². The molecule has 2 atom stereocenters. The van der Waals surface area contributed by atoms with Crippen LogP contribution in [0, 0.1) is 3.57 Å². The Labute approximate surface area is 217 Å². The van der Waals surface area contributed by atoms with Crippen molar-refractivity contribution in [3.8, 4) is 0 Å². The third-order valence-electron chi connectivity index (χ3n) is 4.56. The molecular formula is C23H32IN3O8. The zero-order valence-corrected chi connectivity index (χ0v) is 22.1. The van der Waals surface area contributed by atoms with Crippen LogP contribution >= 0.6 is 22.6 Å². The van der Waals surface area contributed by atoms with Crippen molar-refractivity contribution in [3.63, 3.8) is 0 Å². The molecule has 0 heterocycles. The zero-order chi connectivity index (χ0) is 26.6. The van der Waals surface area contributed by atoms with E-state index in [0.29, 0.717) is 13.0 Å². The fourth-order valence-corrected chi connectivity index (χ4v) is 3.23. The van der Waals surface area contributed by atoms with E-state index >= 15 is 0 Å². The second kappa shape index (κ2) is 14.5. The molecule has 5 N–H and O–H groups in total. The number of rotatable bonds is 13. The normalized spacial score (nSPS) is 12.7. The minimum Gasteiger partial charge on any atom is -0.481 e. The molecule has 1 rings (SSSR count). The minimum absolute atomic E-state index is 0.0788. The van der Waals surface area contributed by atoms with Gasteiger partial charge in [0.15, 0.2) is 0 Å². The number of urea groups is 1. The van der Waals surface area contributed by atoms with Crippen molar-refractivity contribution in [2.75, 3.05) is 6.54 Å². The van der Waals surface area contributed by atoms with Crippen LogP contribution in [0.1, 0.15) is 52.0 Å². The van der Waals surface area contributed by atoms with E-state index in [4.69, 9.17) is 9.84 Å². The number of nitrogens with one attached hydrogen (secondary N) is 3. The largest absolute Gasteiger partial charge is 0.481 e. The average Bonchev–Trinajstić information content (AvgIpc) is 2.73. The van der Waals surface area contributed by atoms with Gasteiger partial charge in [-0.05, 0) is 80.3 Å². The highest BCUT2D eigenvalue weighted by atomic mass is 127. The molecule has 3 amide bonds. The SMILES string of the molecule is CC(C)(C)OC(=O)[C@H](CCC(=O)NCCc1ccc(I)cc1)NC(=O)N[C@@H](CCC(=O)O)C(=O)O. The van der Waals surface area contributed by atoms with E-state index in [1.54, 1.807) is 20.8 Å². The lowest BCUT2D eigenvalue weighted by Crippen LogP contribution is -2.52. The van der Waals surface area contributed by atoms with Gasteiger partial charge in [-0.15, -0.1) is 0 Å². The first-order valence-electron chi connectivity index (χ1n) is 11.0. The second-order valence-corrected chi connectivity index (χ2v) is 10.0. The van der Waals surface area contributed by atoms with E-state index in [2.05, 4.69) is 38.5 Å². The van der Waals surface area contributed by atoms with E-state index in [0.717, 1.165) is 9.13 Å². The maximum Gasteiger partial charge on any atom is 0.329 e. The number of esters is 1. The van der Waals surface area contributed by atoms with Crippen LogP contribution in [0.15, 0.2) is 24.3 Å². The van der Waals surface area contributed by atoms with Crippen molar-refractivity contribution in [3.05, 3.63) is 33.4 Å². The molecule has 194 valence electrons. The van der Waals surface area contributed by atoms with Crippen LogP contribution in [0.5, 0.6) is 0 Å². The summed E-state index contributed by atoms with van der Waals surface area (Å²) in [6.07, 6.45) is -0.332. The van der Waals surface area contributed by atoms with Gasteiger partial charge >= 0.3 is 23.9 Å². The highest BCUT2D eigenvalue weighted by Gasteiger charge is 2.29. The Morgan fingerprint density at radius 3 is 2.06 bits per heavy atom. The molecule has 1 aromatic rings. The number of hydrogen-bond acceptors (Lipinski definition) is 6.